The Labute approximate surface area is 118 Å². The standard InChI is InChI=1S/C15H17BFNO2/c1-14(2)15(3,4)20-16(19-14)12-7-8-18-13-6-5-10(17)9-11(12)13/h5-9H,1-4H3. The maximum atomic E-state index is 13.5. The topological polar surface area (TPSA) is 31.4 Å². The highest BCUT2D eigenvalue weighted by atomic mass is 19.1. The van der Waals surface area contributed by atoms with Crippen LogP contribution in [0.25, 0.3) is 10.9 Å². The van der Waals surface area contributed by atoms with Crippen molar-refractivity contribution in [3.8, 4) is 0 Å². The molecule has 2 heterocycles. The third kappa shape index (κ3) is 2.01. The highest BCUT2D eigenvalue weighted by Crippen LogP contribution is 2.36. The van der Waals surface area contributed by atoms with Gasteiger partial charge in [0.1, 0.15) is 5.82 Å². The van der Waals surface area contributed by atoms with E-state index in [0.29, 0.717) is 0 Å². The summed E-state index contributed by atoms with van der Waals surface area (Å²) in [6, 6.07) is 6.37. The number of nitrogens with zero attached hydrogens (tertiary/aromatic N) is 1. The average molecular weight is 273 g/mol. The van der Waals surface area contributed by atoms with Gasteiger partial charge in [0, 0.05) is 11.6 Å². The molecule has 0 unspecified atom stereocenters. The molecule has 1 saturated heterocycles. The number of halogens is 1. The highest BCUT2D eigenvalue weighted by Gasteiger charge is 2.52. The molecule has 1 fully saturated rings. The molecule has 2 aromatic rings. The summed E-state index contributed by atoms with van der Waals surface area (Å²) in [4.78, 5) is 4.25. The average Bonchev–Trinajstić information content (AvgIpc) is 2.57. The Balaban J connectivity index is 2.10. The molecule has 5 heteroatoms. The first-order chi connectivity index (χ1) is 9.30. The third-order valence-electron chi connectivity index (χ3n) is 4.24. The van der Waals surface area contributed by atoms with Gasteiger partial charge in [0.15, 0.2) is 0 Å². The van der Waals surface area contributed by atoms with Crippen LogP contribution < -0.4 is 5.46 Å². The van der Waals surface area contributed by atoms with E-state index in [4.69, 9.17) is 9.31 Å². The van der Waals surface area contributed by atoms with Crippen molar-refractivity contribution in [2.45, 2.75) is 38.9 Å². The molecule has 0 radical (unpaired) electrons. The van der Waals surface area contributed by atoms with Crippen LogP contribution in [0.4, 0.5) is 4.39 Å². The van der Waals surface area contributed by atoms with Gasteiger partial charge < -0.3 is 9.31 Å². The fraction of sp³-hybridized carbons (Fsp3) is 0.400. The Morgan fingerprint density at radius 3 is 2.35 bits per heavy atom. The van der Waals surface area contributed by atoms with E-state index in [1.54, 1.807) is 12.3 Å². The molecule has 0 spiro atoms. The molecule has 3 nitrogen and oxygen atoms in total. The van der Waals surface area contributed by atoms with Crippen LogP contribution in [-0.2, 0) is 9.31 Å². The molecule has 0 amide bonds. The van der Waals surface area contributed by atoms with Crippen LogP contribution >= 0.6 is 0 Å². The van der Waals surface area contributed by atoms with Gasteiger partial charge in [-0.05, 0) is 57.4 Å². The van der Waals surface area contributed by atoms with Gasteiger partial charge in [0.2, 0.25) is 0 Å². The van der Waals surface area contributed by atoms with Gasteiger partial charge in [0.05, 0.1) is 16.7 Å². The fourth-order valence-electron chi connectivity index (χ4n) is 2.32. The van der Waals surface area contributed by atoms with Crippen LogP contribution in [0.5, 0.6) is 0 Å². The van der Waals surface area contributed by atoms with Crippen molar-refractivity contribution < 1.29 is 13.7 Å². The SMILES string of the molecule is CC1(C)OB(c2ccnc3ccc(F)cc23)OC1(C)C. The number of rotatable bonds is 1. The molecule has 0 saturated carbocycles. The molecule has 0 bridgehead atoms. The number of pyridine rings is 1. The largest absolute Gasteiger partial charge is 0.495 e. The Hall–Kier alpha value is -1.46. The molecule has 3 rings (SSSR count). The van der Waals surface area contributed by atoms with Crippen LogP contribution in [0.1, 0.15) is 27.7 Å². The number of benzene rings is 1. The van der Waals surface area contributed by atoms with E-state index in [2.05, 4.69) is 4.98 Å². The second kappa shape index (κ2) is 4.27. The second-order valence-corrected chi connectivity index (χ2v) is 6.15. The van der Waals surface area contributed by atoms with Gasteiger partial charge in [-0.25, -0.2) is 4.39 Å². The number of fused-ring (bicyclic) bond motifs is 1. The Kier molecular flexibility index (Phi) is 2.89. The molecule has 0 atom stereocenters. The van der Waals surface area contributed by atoms with Gasteiger partial charge in [-0.3, -0.25) is 4.98 Å². The third-order valence-corrected chi connectivity index (χ3v) is 4.24. The lowest BCUT2D eigenvalue weighted by Crippen LogP contribution is -2.41. The summed E-state index contributed by atoms with van der Waals surface area (Å²) in [5, 5.41) is 0.728. The van der Waals surface area contributed by atoms with Gasteiger partial charge in [-0.1, -0.05) is 0 Å². The first-order valence-corrected chi connectivity index (χ1v) is 6.70. The van der Waals surface area contributed by atoms with Crippen molar-refractivity contribution in [1.82, 2.24) is 4.98 Å². The van der Waals surface area contributed by atoms with Crippen LogP contribution in [-0.4, -0.2) is 23.3 Å². The number of hydrogen-bond donors (Lipinski definition) is 0. The maximum Gasteiger partial charge on any atom is 0.495 e. The predicted octanol–water partition coefficient (Wildman–Crippen LogP) is 2.67. The zero-order valence-electron chi connectivity index (χ0n) is 12.1. The van der Waals surface area contributed by atoms with Crippen molar-refractivity contribution in [2.24, 2.45) is 0 Å². The molecular weight excluding hydrogens is 256 g/mol. The quantitative estimate of drug-likeness (QED) is 0.748. The fourth-order valence-corrected chi connectivity index (χ4v) is 2.32. The lowest BCUT2D eigenvalue weighted by Gasteiger charge is -2.32. The molecule has 1 aromatic heterocycles. The van der Waals surface area contributed by atoms with Crippen molar-refractivity contribution >= 4 is 23.5 Å². The Morgan fingerprint density at radius 2 is 1.70 bits per heavy atom. The summed E-state index contributed by atoms with van der Waals surface area (Å²) in [6.07, 6.45) is 1.70. The molecule has 0 aliphatic carbocycles. The van der Waals surface area contributed by atoms with E-state index < -0.39 is 18.3 Å². The van der Waals surface area contributed by atoms with E-state index in [1.807, 2.05) is 33.8 Å². The number of hydrogen-bond acceptors (Lipinski definition) is 3. The summed E-state index contributed by atoms with van der Waals surface area (Å²) < 4.78 is 25.5. The van der Waals surface area contributed by atoms with Crippen LogP contribution in [0.15, 0.2) is 30.5 Å². The monoisotopic (exact) mass is 273 g/mol. The van der Waals surface area contributed by atoms with E-state index in [1.165, 1.54) is 12.1 Å². The molecule has 20 heavy (non-hydrogen) atoms. The Morgan fingerprint density at radius 1 is 1.05 bits per heavy atom. The summed E-state index contributed by atoms with van der Waals surface area (Å²) in [5.41, 5.74) is 0.716. The normalized spacial score (nSPS) is 20.6. The molecule has 104 valence electrons. The molecule has 0 N–H and O–H groups in total. The van der Waals surface area contributed by atoms with Crippen LogP contribution in [0.2, 0.25) is 0 Å². The maximum absolute atomic E-state index is 13.5. The van der Waals surface area contributed by atoms with E-state index in [0.717, 1.165) is 16.4 Å². The van der Waals surface area contributed by atoms with Gasteiger partial charge in [-0.15, -0.1) is 0 Å². The van der Waals surface area contributed by atoms with Crippen molar-refractivity contribution in [1.29, 1.82) is 0 Å². The van der Waals surface area contributed by atoms with E-state index in [-0.39, 0.29) is 5.82 Å². The first kappa shape index (κ1) is 13.5. The first-order valence-electron chi connectivity index (χ1n) is 6.70. The molecular formula is C15H17BFNO2. The highest BCUT2D eigenvalue weighted by molar-refractivity contribution is 6.65. The predicted molar refractivity (Wildman–Crippen MR) is 77.4 cm³/mol. The van der Waals surface area contributed by atoms with Crippen molar-refractivity contribution in [2.75, 3.05) is 0 Å². The smallest absolute Gasteiger partial charge is 0.399 e. The zero-order chi connectivity index (χ0) is 14.5. The molecule has 1 aromatic carbocycles. The lowest BCUT2D eigenvalue weighted by molar-refractivity contribution is 0.00578. The minimum Gasteiger partial charge on any atom is -0.399 e. The van der Waals surface area contributed by atoms with Gasteiger partial charge in [0.25, 0.3) is 0 Å². The Bertz CT molecular complexity index is 656. The second-order valence-electron chi connectivity index (χ2n) is 6.15. The van der Waals surface area contributed by atoms with Gasteiger partial charge >= 0.3 is 7.12 Å². The lowest BCUT2D eigenvalue weighted by atomic mass is 9.77. The summed E-state index contributed by atoms with van der Waals surface area (Å²) in [7, 11) is -0.507. The van der Waals surface area contributed by atoms with E-state index in [9.17, 15) is 4.39 Å². The van der Waals surface area contributed by atoms with Gasteiger partial charge in [-0.2, -0.15) is 0 Å². The zero-order valence-corrected chi connectivity index (χ0v) is 12.1. The van der Waals surface area contributed by atoms with Crippen molar-refractivity contribution in [3.05, 3.63) is 36.3 Å². The van der Waals surface area contributed by atoms with E-state index >= 15 is 0 Å². The van der Waals surface area contributed by atoms with Crippen LogP contribution in [0, 0.1) is 5.82 Å². The molecule has 1 aliphatic heterocycles. The minimum atomic E-state index is -0.507. The number of aromatic nitrogens is 1. The summed E-state index contributed by atoms with van der Waals surface area (Å²) in [6.45, 7) is 7.99. The van der Waals surface area contributed by atoms with Crippen molar-refractivity contribution in [3.63, 3.8) is 0 Å². The summed E-state index contributed by atoms with van der Waals surface area (Å²) >= 11 is 0. The van der Waals surface area contributed by atoms with Crippen LogP contribution in [0.3, 0.4) is 0 Å². The minimum absolute atomic E-state index is 0.289. The summed E-state index contributed by atoms with van der Waals surface area (Å²) in [5.74, 6) is -0.289. The molecule has 1 aliphatic rings.